The van der Waals surface area contributed by atoms with Gasteiger partial charge in [0.1, 0.15) is 0 Å². The van der Waals surface area contributed by atoms with Crippen LogP contribution in [0.5, 0.6) is 0 Å². The highest BCUT2D eigenvalue weighted by atomic mass is 35.5. The lowest BCUT2D eigenvalue weighted by molar-refractivity contribution is 0.206. The molecule has 0 amide bonds. The Morgan fingerprint density at radius 3 is 2.56 bits per heavy atom. The van der Waals surface area contributed by atoms with Gasteiger partial charge < -0.3 is 5.32 Å². The summed E-state index contributed by atoms with van der Waals surface area (Å²) in [7, 11) is 0. The number of thiophene rings is 1. The summed E-state index contributed by atoms with van der Waals surface area (Å²) in [5.74, 6) is 0. The van der Waals surface area contributed by atoms with Gasteiger partial charge in [0.2, 0.25) is 0 Å². The average Bonchev–Trinajstić information content (AvgIpc) is 2.80. The van der Waals surface area contributed by atoms with E-state index in [1.807, 2.05) is 11.3 Å². The first-order valence-corrected chi connectivity index (χ1v) is 6.82. The van der Waals surface area contributed by atoms with Gasteiger partial charge in [-0.15, -0.1) is 42.7 Å². The average molecular weight is 309 g/mol. The Hall–Kier alpha value is -0.0600. The second-order valence-electron chi connectivity index (χ2n) is 4.12. The Morgan fingerprint density at radius 1 is 1.39 bits per heavy atom. The number of nitrogens with zero attached hydrogens (tertiary/aromatic N) is 1. The highest BCUT2D eigenvalue weighted by molar-refractivity contribution is 7.12. The molecule has 0 aliphatic carbocycles. The van der Waals surface area contributed by atoms with Crippen LogP contribution in [0.1, 0.15) is 22.7 Å². The van der Waals surface area contributed by atoms with Crippen LogP contribution in [-0.4, -0.2) is 31.1 Å². The minimum Gasteiger partial charge on any atom is -0.314 e. The molecule has 2 rings (SSSR count). The maximum absolute atomic E-state index is 3.99. The number of hydrogen-bond donors (Lipinski definition) is 1. The maximum atomic E-state index is 3.99. The Bertz CT molecular complexity index is 349. The van der Waals surface area contributed by atoms with Gasteiger partial charge in [-0.3, -0.25) is 4.90 Å². The molecule has 0 bridgehead atoms. The normalized spacial score (nSPS) is 17.4. The molecule has 1 aromatic heterocycles. The molecule has 0 radical (unpaired) electrons. The first-order valence-electron chi connectivity index (χ1n) is 6.01. The molecule has 0 aromatic carbocycles. The summed E-state index contributed by atoms with van der Waals surface area (Å²) >= 11 is 1.93. The minimum absolute atomic E-state index is 0. The Kier molecular flexibility index (Phi) is 8.91. The highest BCUT2D eigenvalue weighted by Crippen LogP contribution is 2.29. The van der Waals surface area contributed by atoms with E-state index in [0.29, 0.717) is 6.04 Å². The zero-order valence-corrected chi connectivity index (χ0v) is 13.2. The van der Waals surface area contributed by atoms with Gasteiger partial charge >= 0.3 is 0 Å². The molecule has 5 heteroatoms. The molecular weight excluding hydrogens is 287 g/mol. The van der Waals surface area contributed by atoms with Crippen molar-refractivity contribution in [1.29, 1.82) is 0 Å². The van der Waals surface area contributed by atoms with Crippen LogP contribution in [0.15, 0.2) is 24.8 Å². The van der Waals surface area contributed by atoms with Crippen LogP contribution >= 0.6 is 36.2 Å². The van der Waals surface area contributed by atoms with E-state index >= 15 is 0 Å². The molecule has 1 atom stereocenters. The number of halogens is 2. The molecule has 1 aromatic rings. The van der Waals surface area contributed by atoms with Crippen LogP contribution in [-0.2, 0) is 6.42 Å². The second-order valence-corrected chi connectivity index (χ2v) is 5.32. The maximum Gasteiger partial charge on any atom is 0.0624 e. The molecule has 1 saturated heterocycles. The van der Waals surface area contributed by atoms with E-state index in [-0.39, 0.29) is 24.8 Å². The number of piperazine rings is 1. The fraction of sp³-hybridized carbons (Fsp3) is 0.538. The standard InChI is InChI=1S/C13H20N2S.2ClH/c1-3-11-5-6-13(16-11)12(4-2)15-9-7-14-8-10-15;;/h4-6,12,14H,2-3,7-10H2,1H3;2*1H/t12-;;/m1../s1. The van der Waals surface area contributed by atoms with Gasteiger partial charge in [-0.1, -0.05) is 13.0 Å². The van der Waals surface area contributed by atoms with Gasteiger partial charge in [-0.25, -0.2) is 0 Å². The third-order valence-electron chi connectivity index (χ3n) is 3.09. The van der Waals surface area contributed by atoms with Gasteiger partial charge in [-0.2, -0.15) is 0 Å². The molecule has 0 spiro atoms. The van der Waals surface area contributed by atoms with Gasteiger partial charge in [0.25, 0.3) is 0 Å². The predicted octanol–water partition coefficient (Wildman–Crippen LogP) is 3.29. The van der Waals surface area contributed by atoms with Gasteiger partial charge in [-0.05, 0) is 18.6 Å². The summed E-state index contributed by atoms with van der Waals surface area (Å²) in [5.41, 5.74) is 0. The van der Waals surface area contributed by atoms with Crippen molar-refractivity contribution >= 4 is 36.2 Å². The molecule has 1 aliphatic rings. The number of aryl methyl sites for hydroxylation is 1. The van der Waals surface area contributed by atoms with Crippen molar-refractivity contribution in [3.05, 3.63) is 34.5 Å². The SMILES string of the molecule is C=C[C@H](c1ccc(CC)s1)N1CCNCC1.Cl.Cl. The van der Waals surface area contributed by atoms with E-state index in [0.717, 1.165) is 32.6 Å². The van der Waals surface area contributed by atoms with Crippen LogP contribution < -0.4 is 5.32 Å². The smallest absolute Gasteiger partial charge is 0.0624 e. The van der Waals surface area contributed by atoms with E-state index in [9.17, 15) is 0 Å². The van der Waals surface area contributed by atoms with E-state index in [1.165, 1.54) is 9.75 Å². The lowest BCUT2D eigenvalue weighted by Gasteiger charge is -2.32. The molecule has 1 aliphatic heterocycles. The summed E-state index contributed by atoms with van der Waals surface area (Å²) in [4.78, 5) is 5.42. The van der Waals surface area contributed by atoms with Crippen molar-refractivity contribution in [3.63, 3.8) is 0 Å². The molecule has 2 nitrogen and oxygen atoms in total. The van der Waals surface area contributed by atoms with Gasteiger partial charge in [0.05, 0.1) is 6.04 Å². The largest absolute Gasteiger partial charge is 0.314 e. The number of hydrogen-bond acceptors (Lipinski definition) is 3. The van der Waals surface area contributed by atoms with Crippen molar-refractivity contribution in [2.45, 2.75) is 19.4 Å². The molecule has 104 valence electrons. The number of rotatable bonds is 4. The molecule has 0 unspecified atom stereocenters. The Balaban J connectivity index is 0.00000144. The van der Waals surface area contributed by atoms with E-state index in [1.54, 1.807) is 0 Å². The first-order chi connectivity index (χ1) is 7.85. The summed E-state index contributed by atoms with van der Waals surface area (Å²) in [6.45, 7) is 10.6. The fourth-order valence-corrected chi connectivity index (χ4v) is 3.23. The van der Waals surface area contributed by atoms with Crippen molar-refractivity contribution in [2.24, 2.45) is 0 Å². The van der Waals surface area contributed by atoms with E-state index in [4.69, 9.17) is 0 Å². The first kappa shape index (κ1) is 17.9. The minimum atomic E-state index is 0. The third kappa shape index (κ3) is 4.25. The molecular formula is C13H22Cl2N2S. The van der Waals surface area contributed by atoms with Crippen LogP contribution in [0.4, 0.5) is 0 Å². The van der Waals surface area contributed by atoms with Crippen molar-refractivity contribution < 1.29 is 0 Å². The topological polar surface area (TPSA) is 15.3 Å². The van der Waals surface area contributed by atoms with Crippen LogP contribution in [0, 0.1) is 0 Å². The van der Waals surface area contributed by atoms with Crippen molar-refractivity contribution in [2.75, 3.05) is 26.2 Å². The van der Waals surface area contributed by atoms with Crippen molar-refractivity contribution in [3.8, 4) is 0 Å². The quantitative estimate of drug-likeness (QED) is 0.859. The monoisotopic (exact) mass is 308 g/mol. The molecule has 1 fully saturated rings. The summed E-state index contributed by atoms with van der Waals surface area (Å²) in [6.07, 6.45) is 3.21. The van der Waals surface area contributed by atoms with E-state index < -0.39 is 0 Å². The third-order valence-corrected chi connectivity index (χ3v) is 4.39. The highest BCUT2D eigenvalue weighted by Gasteiger charge is 2.20. The molecule has 18 heavy (non-hydrogen) atoms. The van der Waals surface area contributed by atoms with Crippen LogP contribution in [0.25, 0.3) is 0 Å². The van der Waals surface area contributed by atoms with Gasteiger partial charge in [0.15, 0.2) is 0 Å². The van der Waals surface area contributed by atoms with Crippen LogP contribution in [0.3, 0.4) is 0 Å². The van der Waals surface area contributed by atoms with Crippen molar-refractivity contribution in [1.82, 2.24) is 10.2 Å². The Morgan fingerprint density at radius 2 is 2.06 bits per heavy atom. The second kappa shape index (κ2) is 8.94. The number of nitrogens with one attached hydrogen (secondary N) is 1. The predicted molar refractivity (Wildman–Crippen MR) is 85.6 cm³/mol. The molecule has 0 saturated carbocycles. The zero-order valence-electron chi connectivity index (χ0n) is 10.7. The molecule has 1 N–H and O–H groups in total. The lowest BCUT2D eigenvalue weighted by Crippen LogP contribution is -2.44. The zero-order chi connectivity index (χ0) is 11.4. The summed E-state index contributed by atoms with van der Waals surface area (Å²) < 4.78 is 0. The Labute approximate surface area is 126 Å². The van der Waals surface area contributed by atoms with E-state index in [2.05, 4.69) is 41.9 Å². The fourth-order valence-electron chi connectivity index (χ4n) is 2.15. The summed E-state index contributed by atoms with van der Waals surface area (Å²) in [6, 6.07) is 4.92. The summed E-state index contributed by atoms with van der Waals surface area (Å²) in [5, 5.41) is 3.39. The van der Waals surface area contributed by atoms with Gasteiger partial charge in [0, 0.05) is 35.9 Å². The van der Waals surface area contributed by atoms with Crippen LogP contribution in [0.2, 0.25) is 0 Å². The molecule has 2 heterocycles. The lowest BCUT2D eigenvalue weighted by atomic mass is 10.2.